The van der Waals surface area contributed by atoms with Crippen molar-refractivity contribution in [2.75, 3.05) is 0 Å². The fourth-order valence-corrected chi connectivity index (χ4v) is 2.07. The van der Waals surface area contributed by atoms with Crippen molar-refractivity contribution in [3.63, 3.8) is 0 Å². The minimum absolute atomic E-state index is 0.148. The highest BCUT2D eigenvalue weighted by Gasteiger charge is 2.05. The van der Waals surface area contributed by atoms with Crippen LogP contribution < -0.4 is 11.1 Å². The highest BCUT2D eigenvalue weighted by atomic mass is 32.1. The zero-order valence-corrected chi connectivity index (χ0v) is 9.36. The molecule has 3 nitrogen and oxygen atoms in total. The van der Waals surface area contributed by atoms with Crippen molar-refractivity contribution in [2.45, 2.75) is 32.9 Å². The van der Waals surface area contributed by atoms with Gasteiger partial charge in [0.1, 0.15) is 0 Å². The molecule has 1 aromatic heterocycles. The summed E-state index contributed by atoms with van der Waals surface area (Å²) in [5.41, 5.74) is 5.09. The fraction of sp³-hybridized carbons (Fsp3) is 0.500. The molecule has 0 saturated carbocycles. The number of hydrogen-bond acceptors (Lipinski definition) is 3. The first kappa shape index (κ1) is 11.2. The molecular formula is C10H16N2OS. The quantitative estimate of drug-likeness (QED) is 0.775. The van der Waals surface area contributed by atoms with E-state index in [0.29, 0.717) is 6.42 Å². The molecule has 0 bridgehead atoms. The van der Waals surface area contributed by atoms with Crippen LogP contribution >= 0.6 is 11.3 Å². The number of amides is 1. The first-order valence-electron chi connectivity index (χ1n) is 4.65. The van der Waals surface area contributed by atoms with Crippen LogP contribution in [0.25, 0.3) is 0 Å². The Labute approximate surface area is 88.3 Å². The zero-order chi connectivity index (χ0) is 10.6. The van der Waals surface area contributed by atoms with E-state index in [9.17, 15) is 4.79 Å². The van der Waals surface area contributed by atoms with Crippen molar-refractivity contribution in [3.05, 3.63) is 21.9 Å². The average Bonchev–Trinajstić information content (AvgIpc) is 2.47. The number of nitrogens with one attached hydrogen (secondary N) is 1. The van der Waals surface area contributed by atoms with Crippen molar-refractivity contribution >= 4 is 17.2 Å². The van der Waals surface area contributed by atoms with Crippen LogP contribution in [0.4, 0.5) is 0 Å². The maximum atomic E-state index is 10.6. The van der Waals surface area contributed by atoms with Crippen molar-refractivity contribution in [3.8, 4) is 0 Å². The minimum Gasteiger partial charge on any atom is -0.370 e. The molecule has 0 unspecified atom stereocenters. The monoisotopic (exact) mass is 212 g/mol. The predicted molar refractivity (Wildman–Crippen MR) is 59.2 cm³/mol. The number of carbonyl (C=O) groups is 1. The molecule has 1 amide bonds. The Balaban J connectivity index is 2.30. The average molecular weight is 212 g/mol. The molecule has 4 heteroatoms. The van der Waals surface area contributed by atoms with Gasteiger partial charge in [0.15, 0.2) is 0 Å². The highest BCUT2D eigenvalue weighted by Crippen LogP contribution is 2.14. The summed E-state index contributed by atoms with van der Waals surface area (Å²) in [7, 11) is 0. The Morgan fingerprint density at radius 3 is 2.86 bits per heavy atom. The van der Waals surface area contributed by atoms with Gasteiger partial charge >= 0.3 is 0 Å². The van der Waals surface area contributed by atoms with Crippen LogP contribution in [-0.4, -0.2) is 11.9 Å². The first-order valence-corrected chi connectivity index (χ1v) is 5.46. The van der Waals surface area contributed by atoms with Gasteiger partial charge < -0.3 is 11.1 Å². The summed E-state index contributed by atoms with van der Waals surface area (Å²) in [4.78, 5) is 13.2. The largest absolute Gasteiger partial charge is 0.370 e. The maximum Gasteiger partial charge on any atom is 0.218 e. The second-order valence-corrected chi connectivity index (χ2v) is 4.84. The molecule has 0 spiro atoms. The Morgan fingerprint density at radius 1 is 1.64 bits per heavy atom. The van der Waals surface area contributed by atoms with Crippen LogP contribution in [0.5, 0.6) is 0 Å². The van der Waals surface area contributed by atoms with Crippen LogP contribution in [0, 0.1) is 6.92 Å². The Bertz CT molecular complexity index is 309. The summed E-state index contributed by atoms with van der Waals surface area (Å²) in [6.45, 7) is 4.86. The van der Waals surface area contributed by atoms with Gasteiger partial charge in [-0.05, 0) is 26.0 Å². The molecule has 1 rings (SSSR count). The van der Waals surface area contributed by atoms with E-state index in [1.54, 1.807) is 11.3 Å². The number of nitrogens with two attached hydrogens (primary N) is 1. The van der Waals surface area contributed by atoms with Crippen LogP contribution in [0.2, 0.25) is 0 Å². The number of aryl methyl sites for hydroxylation is 1. The van der Waals surface area contributed by atoms with Crippen molar-refractivity contribution in [1.82, 2.24) is 5.32 Å². The van der Waals surface area contributed by atoms with Gasteiger partial charge in [-0.2, -0.15) is 0 Å². The molecule has 0 aliphatic heterocycles. The van der Waals surface area contributed by atoms with Gasteiger partial charge in [0.25, 0.3) is 0 Å². The lowest BCUT2D eigenvalue weighted by molar-refractivity contribution is -0.118. The van der Waals surface area contributed by atoms with Gasteiger partial charge in [0.2, 0.25) is 5.91 Å². The van der Waals surface area contributed by atoms with Gasteiger partial charge in [-0.3, -0.25) is 4.79 Å². The first-order chi connectivity index (χ1) is 6.58. The number of hydrogen-bond donors (Lipinski definition) is 2. The molecule has 0 radical (unpaired) electrons. The predicted octanol–water partition coefficient (Wildman–Crippen LogP) is 1.41. The number of primary amides is 1. The van der Waals surface area contributed by atoms with E-state index < -0.39 is 0 Å². The normalized spacial score (nSPS) is 12.7. The smallest absolute Gasteiger partial charge is 0.218 e. The third-order valence-electron chi connectivity index (χ3n) is 1.93. The Morgan fingerprint density at radius 2 is 2.36 bits per heavy atom. The van der Waals surface area contributed by atoms with E-state index in [1.165, 1.54) is 9.75 Å². The third kappa shape index (κ3) is 3.89. The van der Waals surface area contributed by atoms with Crippen LogP contribution in [0.15, 0.2) is 12.1 Å². The van der Waals surface area contributed by atoms with Gasteiger partial charge in [-0.1, -0.05) is 0 Å². The molecule has 1 atom stereocenters. The van der Waals surface area contributed by atoms with Crippen molar-refractivity contribution in [1.29, 1.82) is 0 Å². The highest BCUT2D eigenvalue weighted by molar-refractivity contribution is 7.11. The lowest BCUT2D eigenvalue weighted by Gasteiger charge is -2.10. The fourth-order valence-electron chi connectivity index (χ4n) is 1.23. The second kappa shape index (κ2) is 5.12. The van der Waals surface area contributed by atoms with Crippen LogP contribution in [-0.2, 0) is 11.3 Å². The van der Waals surface area contributed by atoms with Crippen molar-refractivity contribution in [2.24, 2.45) is 5.73 Å². The van der Waals surface area contributed by atoms with Gasteiger partial charge in [0.05, 0.1) is 0 Å². The van der Waals surface area contributed by atoms with E-state index >= 15 is 0 Å². The number of carbonyl (C=O) groups excluding carboxylic acids is 1. The molecule has 0 aromatic carbocycles. The SMILES string of the molecule is Cc1ccc(CN[C@H](C)CC(N)=O)s1. The van der Waals surface area contributed by atoms with Crippen molar-refractivity contribution < 1.29 is 4.79 Å². The topological polar surface area (TPSA) is 55.1 Å². The molecule has 3 N–H and O–H groups in total. The van der Waals surface area contributed by atoms with E-state index in [1.807, 2.05) is 6.92 Å². The minimum atomic E-state index is -0.257. The standard InChI is InChI=1S/C10H16N2OS/c1-7(5-10(11)13)12-6-9-4-3-8(2)14-9/h3-4,7,12H,5-6H2,1-2H3,(H2,11,13)/t7-/m1/s1. The Kier molecular flexibility index (Phi) is 4.10. The lowest BCUT2D eigenvalue weighted by atomic mass is 10.2. The molecule has 78 valence electrons. The Hall–Kier alpha value is -0.870. The molecule has 0 aliphatic rings. The second-order valence-electron chi connectivity index (χ2n) is 3.46. The molecule has 14 heavy (non-hydrogen) atoms. The lowest BCUT2D eigenvalue weighted by Crippen LogP contribution is -2.30. The molecule has 0 aliphatic carbocycles. The summed E-state index contributed by atoms with van der Waals surface area (Å²) < 4.78 is 0. The van der Waals surface area contributed by atoms with Gasteiger partial charge in [-0.25, -0.2) is 0 Å². The molecule has 1 aromatic rings. The summed E-state index contributed by atoms with van der Waals surface area (Å²) in [6, 6.07) is 4.35. The summed E-state index contributed by atoms with van der Waals surface area (Å²) in [5.74, 6) is -0.257. The van der Waals surface area contributed by atoms with Crippen LogP contribution in [0.3, 0.4) is 0 Å². The number of thiophene rings is 1. The van der Waals surface area contributed by atoms with E-state index in [4.69, 9.17) is 5.73 Å². The third-order valence-corrected chi connectivity index (χ3v) is 2.93. The maximum absolute atomic E-state index is 10.6. The molecule has 0 fully saturated rings. The summed E-state index contributed by atoms with van der Waals surface area (Å²) in [5, 5.41) is 3.25. The van der Waals surface area contributed by atoms with Crippen LogP contribution in [0.1, 0.15) is 23.1 Å². The van der Waals surface area contributed by atoms with Gasteiger partial charge in [0, 0.05) is 28.8 Å². The molecule has 0 saturated heterocycles. The van der Waals surface area contributed by atoms with E-state index in [2.05, 4.69) is 24.4 Å². The summed E-state index contributed by atoms with van der Waals surface area (Å²) in [6.07, 6.45) is 0.393. The van der Waals surface area contributed by atoms with Gasteiger partial charge in [-0.15, -0.1) is 11.3 Å². The zero-order valence-electron chi connectivity index (χ0n) is 8.54. The van der Waals surface area contributed by atoms with E-state index in [-0.39, 0.29) is 11.9 Å². The molecular weight excluding hydrogens is 196 g/mol. The molecule has 1 heterocycles. The number of rotatable bonds is 5. The van der Waals surface area contributed by atoms with E-state index in [0.717, 1.165) is 6.54 Å². The summed E-state index contributed by atoms with van der Waals surface area (Å²) >= 11 is 1.77.